The molecule has 2 aromatic carbocycles. The largest absolute Gasteiger partial charge is 0.486 e. The number of hydrogen-bond acceptors (Lipinski definition) is 7. The van der Waals surface area contributed by atoms with E-state index in [1.165, 1.54) is 43.4 Å². The molecule has 1 saturated carbocycles. The highest BCUT2D eigenvalue weighted by molar-refractivity contribution is 7.20. The first-order valence-electron chi connectivity index (χ1n) is 14.4. The Bertz CT molecular complexity index is 1300. The van der Waals surface area contributed by atoms with E-state index in [0.717, 1.165) is 16.8 Å². The first kappa shape index (κ1) is 28.5. The summed E-state index contributed by atoms with van der Waals surface area (Å²) in [5.41, 5.74) is 1.60. The lowest BCUT2D eigenvalue weighted by atomic mass is 9.89. The van der Waals surface area contributed by atoms with Gasteiger partial charge in [0.1, 0.15) is 6.10 Å². The quantitative estimate of drug-likeness (QED) is 0.387. The number of ether oxygens (including phenoxy) is 1. The number of carbonyl (C=O) groups excluding carboxylic acids is 2. The highest BCUT2D eigenvalue weighted by Gasteiger charge is 2.35. The standard InChI is InChI=1S/C31H40N4O4S/c1-20-16-35(21(2)19-36)31(38)23-12-9-14-25(32-29(37)30-33-24-13-7-8-15-27(24)40-30)28(23)39-26(20)18-34(3)17-22-10-5-4-6-11-22/h7-9,12-15,20-22,26,36H,4-6,10-11,16-19H2,1-3H3,(H,32,37)/t20-,21-,26+/m0/s1. The number of nitrogens with one attached hydrogen (secondary N) is 1. The summed E-state index contributed by atoms with van der Waals surface area (Å²) < 4.78 is 7.62. The zero-order valence-electron chi connectivity index (χ0n) is 23.6. The van der Waals surface area contributed by atoms with Crippen molar-refractivity contribution in [3.63, 3.8) is 0 Å². The first-order chi connectivity index (χ1) is 19.3. The lowest BCUT2D eigenvalue weighted by Crippen LogP contribution is -2.50. The van der Waals surface area contributed by atoms with E-state index in [1.807, 2.05) is 31.2 Å². The number of aliphatic hydroxyl groups excluding tert-OH is 1. The zero-order chi connectivity index (χ0) is 28.2. The Kier molecular flexibility index (Phi) is 9.03. The number of benzene rings is 2. The summed E-state index contributed by atoms with van der Waals surface area (Å²) in [5, 5.41) is 13.3. The molecule has 8 nitrogen and oxygen atoms in total. The van der Waals surface area contributed by atoms with Crippen molar-refractivity contribution in [2.45, 2.75) is 58.1 Å². The second kappa shape index (κ2) is 12.7. The number of fused-ring (bicyclic) bond motifs is 2. The molecule has 1 aliphatic heterocycles. The SMILES string of the molecule is C[C@H]1CN([C@@H](C)CO)C(=O)c2cccc(NC(=O)c3nc4ccccc4s3)c2O[C@@H]1CN(C)CC1CCCCC1. The summed E-state index contributed by atoms with van der Waals surface area (Å²) >= 11 is 1.33. The number of rotatable bonds is 8. The molecule has 2 heterocycles. The normalized spacial score (nSPS) is 21.0. The van der Waals surface area contributed by atoms with Crippen LogP contribution in [0.3, 0.4) is 0 Å². The maximum atomic E-state index is 13.8. The fourth-order valence-corrected chi connectivity index (χ4v) is 6.76. The number of para-hydroxylation sites is 2. The summed E-state index contributed by atoms with van der Waals surface area (Å²) in [4.78, 5) is 35.6. The Labute approximate surface area is 240 Å². The van der Waals surface area contributed by atoms with Gasteiger partial charge in [-0.1, -0.05) is 44.4 Å². The summed E-state index contributed by atoms with van der Waals surface area (Å²) in [6, 6.07) is 12.6. The average molecular weight is 565 g/mol. The van der Waals surface area contributed by atoms with Gasteiger partial charge in [-0.05, 0) is 57.0 Å². The molecule has 9 heteroatoms. The van der Waals surface area contributed by atoms with Crippen molar-refractivity contribution >= 4 is 39.1 Å². The van der Waals surface area contributed by atoms with Crippen molar-refractivity contribution in [2.24, 2.45) is 11.8 Å². The number of anilines is 1. The number of hydrogen-bond donors (Lipinski definition) is 2. The molecule has 0 bridgehead atoms. The van der Waals surface area contributed by atoms with Crippen LogP contribution >= 0.6 is 11.3 Å². The van der Waals surface area contributed by atoms with Crippen molar-refractivity contribution in [3.8, 4) is 5.75 Å². The molecular weight excluding hydrogens is 524 g/mol. The molecule has 2 amide bonds. The Morgan fingerprint density at radius 2 is 1.95 bits per heavy atom. The molecule has 0 unspecified atom stereocenters. The molecule has 1 fully saturated rings. The van der Waals surface area contributed by atoms with Crippen molar-refractivity contribution < 1.29 is 19.4 Å². The predicted molar refractivity (Wildman–Crippen MR) is 159 cm³/mol. The molecule has 3 atom stereocenters. The van der Waals surface area contributed by atoms with Crippen LogP contribution in [0.15, 0.2) is 42.5 Å². The molecule has 3 aromatic rings. The molecule has 2 N–H and O–H groups in total. The second-order valence-electron chi connectivity index (χ2n) is 11.5. The van der Waals surface area contributed by atoms with Gasteiger partial charge in [-0.2, -0.15) is 0 Å². The number of likely N-dealkylation sites (N-methyl/N-ethyl adjacent to an activating group) is 1. The van der Waals surface area contributed by atoms with Gasteiger partial charge >= 0.3 is 0 Å². The number of thiazole rings is 1. The van der Waals surface area contributed by atoms with Crippen LogP contribution in [0.25, 0.3) is 10.2 Å². The van der Waals surface area contributed by atoms with Gasteiger partial charge in [-0.15, -0.1) is 11.3 Å². The fraction of sp³-hybridized carbons (Fsp3) is 0.516. The van der Waals surface area contributed by atoms with Gasteiger partial charge in [0.05, 0.1) is 34.1 Å². The fourth-order valence-electron chi connectivity index (χ4n) is 5.90. The van der Waals surface area contributed by atoms with E-state index in [4.69, 9.17) is 4.74 Å². The summed E-state index contributed by atoms with van der Waals surface area (Å²) in [6.45, 7) is 6.02. The van der Waals surface area contributed by atoms with Crippen LogP contribution in [-0.4, -0.2) is 77.1 Å². The van der Waals surface area contributed by atoms with Gasteiger partial charge in [0.25, 0.3) is 11.8 Å². The van der Waals surface area contributed by atoms with E-state index in [-0.39, 0.29) is 36.5 Å². The van der Waals surface area contributed by atoms with E-state index < -0.39 is 0 Å². The monoisotopic (exact) mass is 564 g/mol. The molecule has 1 aromatic heterocycles. The van der Waals surface area contributed by atoms with E-state index in [1.54, 1.807) is 23.1 Å². The third-order valence-corrected chi connectivity index (χ3v) is 9.25. The van der Waals surface area contributed by atoms with Gasteiger partial charge in [-0.3, -0.25) is 9.59 Å². The van der Waals surface area contributed by atoms with Gasteiger partial charge in [0, 0.05) is 25.6 Å². The predicted octanol–water partition coefficient (Wildman–Crippen LogP) is 5.28. The van der Waals surface area contributed by atoms with E-state index in [2.05, 4.69) is 29.2 Å². The lowest BCUT2D eigenvalue weighted by Gasteiger charge is -2.39. The van der Waals surface area contributed by atoms with Crippen LogP contribution in [0.1, 0.15) is 66.1 Å². The third kappa shape index (κ3) is 6.32. The Balaban J connectivity index is 1.44. The van der Waals surface area contributed by atoms with Crippen molar-refractivity contribution in [1.82, 2.24) is 14.8 Å². The second-order valence-corrected chi connectivity index (χ2v) is 12.5. The van der Waals surface area contributed by atoms with E-state index in [9.17, 15) is 14.7 Å². The molecule has 2 aliphatic rings. The molecule has 5 rings (SSSR count). The molecule has 40 heavy (non-hydrogen) atoms. The Morgan fingerprint density at radius 3 is 2.70 bits per heavy atom. The van der Waals surface area contributed by atoms with Crippen LogP contribution in [0, 0.1) is 11.8 Å². The molecule has 0 saturated heterocycles. The van der Waals surface area contributed by atoms with Crippen LogP contribution < -0.4 is 10.1 Å². The van der Waals surface area contributed by atoms with Crippen molar-refractivity contribution in [2.75, 3.05) is 38.6 Å². The topological polar surface area (TPSA) is 95.0 Å². The summed E-state index contributed by atoms with van der Waals surface area (Å²) in [5.74, 6) is 0.527. The Morgan fingerprint density at radius 1 is 1.18 bits per heavy atom. The smallest absolute Gasteiger partial charge is 0.284 e. The minimum atomic E-state index is -0.345. The minimum absolute atomic E-state index is 0.00734. The number of nitrogens with zero attached hydrogens (tertiary/aromatic N) is 3. The lowest BCUT2D eigenvalue weighted by molar-refractivity contribution is 0.0332. The molecule has 214 valence electrons. The zero-order valence-corrected chi connectivity index (χ0v) is 24.5. The van der Waals surface area contributed by atoms with Gasteiger partial charge in [0.2, 0.25) is 0 Å². The molecular formula is C31H40N4O4S. The van der Waals surface area contributed by atoms with E-state index >= 15 is 0 Å². The van der Waals surface area contributed by atoms with Gasteiger partial charge in [0.15, 0.2) is 10.8 Å². The average Bonchev–Trinajstić information content (AvgIpc) is 3.40. The molecule has 0 radical (unpaired) electrons. The third-order valence-electron chi connectivity index (χ3n) is 8.21. The first-order valence-corrected chi connectivity index (χ1v) is 15.2. The van der Waals surface area contributed by atoms with Gasteiger partial charge in [-0.25, -0.2) is 4.98 Å². The van der Waals surface area contributed by atoms with Crippen molar-refractivity contribution in [3.05, 3.63) is 53.0 Å². The van der Waals surface area contributed by atoms with Gasteiger partial charge < -0.3 is 25.0 Å². The van der Waals surface area contributed by atoms with Crippen LogP contribution in [0.5, 0.6) is 5.75 Å². The minimum Gasteiger partial charge on any atom is -0.486 e. The van der Waals surface area contributed by atoms with Crippen LogP contribution in [0.4, 0.5) is 5.69 Å². The number of aliphatic hydroxyl groups is 1. The molecule has 0 spiro atoms. The summed E-state index contributed by atoms with van der Waals surface area (Å²) in [7, 11) is 2.14. The van der Waals surface area contributed by atoms with Crippen molar-refractivity contribution in [1.29, 1.82) is 0 Å². The van der Waals surface area contributed by atoms with E-state index in [0.29, 0.717) is 41.0 Å². The highest BCUT2D eigenvalue weighted by atomic mass is 32.1. The summed E-state index contributed by atoms with van der Waals surface area (Å²) in [6.07, 6.45) is 6.26. The number of amides is 2. The van der Waals surface area contributed by atoms with Crippen LogP contribution in [0.2, 0.25) is 0 Å². The maximum Gasteiger partial charge on any atom is 0.284 e. The highest BCUT2D eigenvalue weighted by Crippen LogP contribution is 2.36. The van der Waals surface area contributed by atoms with Crippen LogP contribution in [-0.2, 0) is 0 Å². The molecule has 1 aliphatic carbocycles. The Hall–Kier alpha value is -3.01. The number of aromatic nitrogens is 1. The number of carbonyl (C=O) groups is 2. The maximum absolute atomic E-state index is 13.8.